The first kappa shape index (κ1) is 22.8. The van der Waals surface area contributed by atoms with Crippen molar-refractivity contribution in [3.8, 4) is 11.5 Å². The number of nitrogens with one attached hydrogen (secondary N) is 1. The zero-order valence-corrected chi connectivity index (χ0v) is 18.5. The van der Waals surface area contributed by atoms with E-state index in [1.54, 1.807) is 41.0 Å². The molecule has 4 rings (SSSR count). The third kappa shape index (κ3) is 5.00. The van der Waals surface area contributed by atoms with Gasteiger partial charge in [0.1, 0.15) is 0 Å². The summed E-state index contributed by atoms with van der Waals surface area (Å²) in [6, 6.07) is 12.1. The van der Waals surface area contributed by atoms with E-state index in [-0.39, 0.29) is 37.3 Å². The van der Waals surface area contributed by atoms with Crippen molar-refractivity contribution in [3.63, 3.8) is 0 Å². The van der Waals surface area contributed by atoms with Crippen LogP contribution in [-0.4, -0.2) is 54.4 Å². The molecule has 1 aromatic carbocycles. The Kier molecular flexibility index (Phi) is 6.36. The van der Waals surface area contributed by atoms with Crippen LogP contribution in [0.15, 0.2) is 53.1 Å². The summed E-state index contributed by atoms with van der Waals surface area (Å²) in [4.78, 5) is 20.9. The number of halogens is 2. The molecule has 0 bridgehead atoms. The Morgan fingerprint density at radius 3 is 2.64 bits per heavy atom. The third-order valence-corrected chi connectivity index (χ3v) is 7.62. The number of pyridine rings is 1. The lowest BCUT2D eigenvalue weighted by molar-refractivity contribution is 0.116. The molecular weight excluding hydrogens is 454 g/mol. The molecule has 1 aliphatic heterocycles. The number of carbonyl (C=O) groups is 1. The molecule has 0 radical (unpaired) electrons. The average Bonchev–Trinajstić information content (AvgIpc) is 3.31. The highest BCUT2D eigenvalue weighted by molar-refractivity contribution is 7.93. The minimum Gasteiger partial charge on any atom is -0.415 e. The fraction of sp³-hybridized carbons (Fsp3) is 0.333. The van der Waals surface area contributed by atoms with Crippen molar-refractivity contribution >= 4 is 21.4 Å². The molecule has 1 aliphatic rings. The quantitative estimate of drug-likeness (QED) is 0.596. The summed E-state index contributed by atoms with van der Waals surface area (Å²) in [6.45, 7) is 2.35. The van der Waals surface area contributed by atoms with Gasteiger partial charge in [0, 0.05) is 30.7 Å². The number of alkyl halides is 2. The maximum absolute atomic E-state index is 13.4. The predicted molar refractivity (Wildman–Crippen MR) is 117 cm³/mol. The lowest BCUT2D eigenvalue weighted by Crippen LogP contribution is -2.52. The van der Waals surface area contributed by atoms with E-state index >= 15 is 0 Å². The minimum absolute atomic E-state index is 0.0679. The number of rotatable bonds is 5. The molecule has 1 fully saturated rings. The normalized spacial score (nSPS) is 20.7. The number of amides is 2. The minimum atomic E-state index is -2.86. The van der Waals surface area contributed by atoms with Gasteiger partial charge in [-0.25, -0.2) is 9.00 Å². The van der Waals surface area contributed by atoms with E-state index in [1.165, 1.54) is 6.20 Å². The maximum atomic E-state index is 13.4. The van der Waals surface area contributed by atoms with E-state index in [0.717, 1.165) is 0 Å². The molecule has 12 heteroatoms. The topological polar surface area (TPSA) is 116 Å². The van der Waals surface area contributed by atoms with Crippen LogP contribution >= 0.6 is 0 Å². The van der Waals surface area contributed by atoms with Crippen LogP contribution in [0.4, 0.5) is 19.3 Å². The SMILES string of the molecule is CC1CN(C(=O)N(Cc2ccc(-c3nnc(C(F)F)o3)cn2)c2ccccc2)CCS1(=N)=O. The molecule has 174 valence electrons. The molecule has 2 atom stereocenters. The molecular formula is C21H22F2N6O3S. The molecule has 0 saturated carbocycles. The Balaban J connectivity index is 1.55. The number of para-hydroxylation sites is 1. The maximum Gasteiger partial charge on any atom is 0.324 e. The van der Waals surface area contributed by atoms with E-state index in [2.05, 4.69) is 15.2 Å². The molecule has 9 nitrogen and oxygen atoms in total. The molecule has 1 saturated heterocycles. The fourth-order valence-electron chi connectivity index (χ4n) is 3.44. The zero-order chi connectivity index (χ0) is 23.6. The summed E-state index contributed by atoms with van der Waals surface area (Å²) in [6.07, 6.45) is -1.44. The Morgan fingerprint density at radius 1 is 1.27 bits per heavy atom. The molecule has 3 aromatic rings. The first-order valence-electron chi connectivity index (χ1n) is 10.2. The molecule has 0 aliphatic carbocycles. The van der Waals surface area contributed by atoms with Crippen LogP contribution in [0.1, 0.15) is 24.9 Å². The van der Waals surface area contributed by atoms with Crippen molar-refractivity contribution in [2.75, 3.05) is 23.7 Å². The summed E-state index contributed by atoms with van der Waals surface area (Å²) >= 11 is 0. The van der Waals surface area contributed by atoms with Crippen LogP contribution in [0.5, 0.6) is 0 Å². The Morgan fingerprint density at radius 2 is 2.03 bits per heavy atom. The molecule has 2 aromatic heterocycles. The Hall–Kier alpha value is -3.41. The van der Waals surface area contributed by atoms with Crippen LogP contribution in [0, 0.1) is 4.78 Å². The van der Waals surface area contributed by atoms with Gasteiger partial charge in [-0.05, 0) is 31.2 Å². The lowest BCUT2D eigenvalue weighted by atomic mass is 10.2. The number of urea groups is 1. The van der Waals surface area contributed by atoms with Gasteiger partial charge in [0.25, 0.3) is 5.89 Å². The molecule has 33 heavy (non-hydrogen) atoms. The molecule has 3 heterocycles. The summed E-state index contributed by atoms with van der Waals surface area (Å²) < 4.78 is 50.5. The van der Waals surface area contributed by atoms with Crippen molar-refractivity contribution in [2.24, 2.45) is 0 Å². The molecule has 2 amide bonds. The van der Waals surface area contributed by atoms with Crippen LogP contribution in [0.25, 0.3) is 11.5 Å². The van der Waals surface area contributed by atoms with Gasteiger partial charge >= 0.3 is 12.5 Å². The Labute approximate surface area is 189 Å². The predicted octanol–water partition coefficient (Wildman–Crippen LogP) is 3.95. The van der Waals surface area contributed by atoms with Crippen LogP contribution in [0.3, 0.4) is 0 Å². The van der Waals surface area contributed by atoms with Crippen molar-refractivity contribution in [1.82, 2.24) is 20.1 Å². The summed E-state index contributed by atoms with van der Waals surface area (Å²) in [7, 11) is -2.70. The second-order valence-corrected chi connectivity index (χ2v) is 10.3. The highest BCUT2D eigenvalue weighted by Gasteiger charge is 2.32. The lowest BCUT2D eigenvalue weighted by Gasteiger charge is -2.36. The van der Waals surface area contributed by atoms with Crippen molar-refractivity contribution in [2.45, 2.75) is 25.1 Å². The second-order valence-electron chi connectivity index (χ2n) is 7.68. The first-order chi connectivity index (χ1) is 15.7. The molecule has 0 spiro atoms. The van der Waals surface area contributed by atoms with Gasteiger partial charge in [0.15, 0.2) is 0 Å². The molecule has 2 unspecified atom stereocenters. The van der Waals surface area contributed by atoms with Crippen molar-refractivity contribution in [1.29, 1.82) is 4.78 Å². The first-order valence-corrected chi connectivity index (χ1v) is 12.0. The van der Waals surface area contributed by atoms with E-state index in [0.29, 0.717) is 16.9 Å². The van der Waals surface area contributed by atoms with Gasteiger partial charge in [0.05, 0.1) is 32.8 Å². The second kappa shape index (κ2) is 9.22. The van der Waals surface area contributed by atoms with Gasteiger partial charge in [-0.15, -0.1) is 10.2 Å². The average molecular weight is 477 g/mol. The van der Waals surface area contributed by atoms with E-state index < -0.39 is 27.3 Å². The number of hydrogen-bond donors (Lipinski definition) is 1. The van der Waals surface area contributed by atoms with E-state index in [4.69, 9.17) is 9.20 Å². The summed E-state index contributed by atoms with van der Waals surface area (Å²) in [5.41, 5.74) is 1.60. The number of hydrogen-bond acceptors (Lipinski definition) is 7. The standard InChI is InChI=1S/C21H22F2N6O3S/c1-14-12-28(9-10-33(14,24)31)21(30)29(17-5-3-2-4-6-17)13-16-8-7-15(11-25-16)19-26-27-20(32-19)18(22)23/h2-8,11,14,18,24H,9-10,12-13H2,1H3. The Bertz CT molecular complexity index is 1220. The highest BCUT2D eigenvalue weighted by Crippen LogP contribution is 2.24. The zero-order valence-electron chi connectivity index (χ0n) is 17.7. The fourth-order valence-corrected chi connectivity index (χ4v) is 4.75. The number of nitrogens with zero attached hydrogens (tertiary/aromatic N) is 5. The van der Waals surface area contributed by atoms with Gasteiger partial charge < -0.3 is 9.32 Å². The third-order valence-electron chi connectivity index (χ3n) is 5.38. The van der Waals surface area contributed by atoms with Gasteiger partial charge in [-0.1, -0.05) is 18.2 Å². The smallest absolute Gasteiger partial charge is 0.324 e. The summed E-state index contributed by atoms with van der Waals surface area (Å²) in [5.74, 6) is -0.691. The monoisotopic (exact) mass is 476 g/mol. The van der Waals surface area contributed by atoms with Crippen LogP contribution in [0.2, 0.25) is 0 Å². The van der Waals surface area contributed by atoms with E-state index in [9.17, 15) is 17.8 Å². The largest absolute Gasteiger partial charge is 0.415 e. The highest BCUT2D eigenvalue weighted by atomic mass is 32.2. The number of carbonyl (C=O) groups excluding carboxylic acids is 1. The molecule has 1 N–H and O–H groups in total. The van der Waals surface area contributed by atoms with Gasteiger partial charge in [-0.3, -0.25) is 14.7 Å². The number of benzene rings is 1. The van der Waals surface area contributed by atoms with Crippen molar-refractivity contribution < 1.29 is 22.2 Å². The van der Waals surface area contributed by atoms with Crippen LogP contribution in [-0.2, 0) is 16.3 Å². The number of anilines is 1. The van der Waals surface area contributed by atoms with Gasteiger partial charge in [0.2, 0.25) is 5.89 Å². The number of aromatic nitrogens is 3. The van der Waals surface area contributed by atoms with Crippen molar-refractivity contribution in [3.05, 3.63) is 60.2 Å². The summed E-state index contributed by atoms with van der Waals surface area (Å²) in [5, 5.41) is 6.50. The van der Waals surface area contributed by atoms with E-state index in [1.807, 2.05) is 18.2 Å². The van der Waals surface area contributed by atoms with Crippen LogP contribution < -0.4 is 4.90 Å². The van der Waals surface area contributed by atoms with Gasteiger partial charge in [-0.2, -0.15) is 8.78 Å².